The minimum absolute atomic E-state index is 0.0638. The Balaban J connectivity index is 1.40. The Hall–Kier alpha value is -3.45. The van der Waals surface area contributed by atoms with Gasteiger partial charge in [0.1, 0.15) is 0 Å². The standard InChI is InChI=1S/C25H29N5O2/c1-17-6-3-4-8-23(17)30-18(2)22(14-27-30)25(32)28-21-11-9-19(10-12-21)15-29-13-5-7-20(16-29)24(26)31/h3-4,6,8-12,14,20H,5,7,13,15-16H2,1-2H3,(H2,26,31)(H,28,32). The van der Waals surface area contributed by atoms with E-state index >= 15 is 0 Å². The fraction of sp³-hybridized carbons (Fsp3) is 0.320. The van der Waals surface area contributed by atoms with Gasteiger partial charge in [-0.2, -0.15) is 5.10 Å². The van der Waals surface area contributed by atoms with Crippen LogP contribution < -0.4 is 11.1 Å². The SMILES string of the molecule is Cc1ccccc1-n1ncc(C(=O)Nc2ccc(CN3CCCC(C(N)=O)C3)cc2)c1C. The van der Waals surface area contributed by atoms with Crippen LogP contribution in [0.15, 0.2) is 54.7 Å². The van der Waals surface area contributed by atoms with Crippen LogP contribution in [0.2, 0.25) is 0 Å². The van der Waals surface area contributed by atoms with Crippen LogP contribution in [0.1, 0.15) is 40.0 Å². The third-order valence-electron chi connectivity index (χ3n) is 6.12. The van der Waals surface area contributed by atoms with E-state index in [1.54, 1.807) is 10.9 Å². The van der Waals surface area contributed by atoms with Gasteiger partial charge in [-0.3, -0.25) is 14.5 Å². The Morgan fingerprint density at radius 1 is 1.12 bits per heavy atom. The van der Waals surface area contributed by atoms with Crippen LogP contribution in [0.4, 0.5) is 5.69 Å². The number of hydrogen-bond acceptors (Lipinski definition) is 4. The number of hydrogen-bond donors (Lipinski definition) is 2. The van der Waals surface area contributed by atoms with Gasteiger partial charge in [-0.1, -0.05) is 30.3 Å². The summed E-state index contributed by atoms with van der Waals surface area (Å²) in [4.78, 5) is 26.6. The molecule has 7 heteroatoms. The van der Waals surface area contributed by atoms with Gasteiger partial charge in [0.05, 0.1) is 29.1 Å². The molecule has 2 amide bonds. The van der Waals surface area contributed by atoms with Crippen LogP contribution in [0.3, 0.4) is 0 Å². The van der Waals surface area contributed by atoms with E-state index in [4.69, 9.17) is 5.73 Å². The van der Waals surface area contributed by atoms with Gasteiger partial charge in [-0.25, -0.2) is 4.68 Å². The summed E-state index contributed by atoms with van der Waals surface area (Å²) in [5, 5.41) is 7.39. The number of nitrogens with two attached hydrogens (primary N) is 1. The third kappa shape index (κ3) is 4.73. The van der Waals surface area contributed by atoms with E-state index in [0.717, 1.165) is 54.1 Å². The topological polar surface area (TPSA) is 93.2 Å². The minimum atomic E-state index is -0.214. The number of primary amides is 1. The predicted molar refractivity (Wildman–Crippen MR) is 125 cm³/mol. The van der Waals surface area contributed by atoms with E-state index in [1.807, 2.05) is 62.4 Å². The van der Waals surface area contributed by atoms with Crippen LogP contribution in [-0.2, 0) is 11.3 Å². The molecule has 0 bridgehead atoms. The number of carbonyl (C=O) groups is 2. The molecule has 0 radical (unpaired) electrons. The number of nitrogens with zero attached hydrogens (tertiary/aromatic N) is 3. The second-order valence-corrected chi connectivity index (χ2v) is 8.47. The molecule has 3 N–H and O–H groups in total. The van der Waals surface area contributed by atoms with Crippen LogP contribution in [0, 0.1) is 19.8 Å². The van der Waals surface area contributed by atoms with Crippen molar-refractivity contribution in [1.29, 1.82) is 0 Å². The Bertz CT molecular complexity index is 1120. The van der Waals surface area contributed by atoms with E-state index in [2.05, 4.69) is 15.3 Å². The quantitative estimate of drug-likeness (QED) is 0.625. The van der Waals surface area contributed by atoms with E-state index in [0.29, 0.717) is 12.1 Å². The first kappa shape index (κ1) is 21.8. The molecule has 3 aromatic rings. The lowest BCUT2D eigenvalue weighted by atomic mass is 9.97. The molecule has 1 aliphatic heterocycles. The molecule has 1 atom stereocenters. The van der Waals surface area contributed by atoms with E-state index < -0.39 is 0 Å². The summed E-state index contributed by atoms with van der Waals surface area (Å²) in [7, 11) is 0. The summed E-state index contributed by atoms with van der Waals surface area (Å²) >= 11 is 0. The molecule has 7 nitrogen and oxygen atoms in total. The smallest absolute Gasteiger partial charge is 0.259 e. The Morgan fingerprint density at radius 2 is 1.88 bits per heavy atom. The molecule has 1 fully saturated rings. The molecule has 1 aromatic heterocycles. The van der Waals surface area contributed by atoms with E-state index in [-0.39, 0.29) is 17.7 Å². The summed E-state index contributed by atoms with van der Waals surface area (Å²) in [5.74, 6) is -0.463. The van der Waals surface area contributed by atoms with Gasteiger partial charge in [0.15, 0.2) is 0 Å². The van der Waals surface area contributed by atoms with Crippen LogP contribution in [0.5, 0.6) is 0 Å². The van der Waals surface area contributed by atoms with Gasteiger partial charge in [0, 0.05) is 18.8 Å². The highest BCUT2D eigenvalue weighted by Gasteiger charge is 2.24. The lowest BCUT2D eigenvalue weighted by Crippen LogP contribution is -2.40. The molecule has 0 aliphatic carbocycles. The first-order valence-corrected chi connectivity index (χ1v) is 10.9. The number of amides is 2. The van der Waals surface area contributed by atoms with Crippen molar-refractivity contribution in [2.45, 2.75) is 33.2 Å². The van der Waals surface area contributed by atoms with Crippen molar-refractivity contribution in [3.63, 3.8) is 0 Å². The molecule has 0 saturated carbocycles. The van der Waals surface area contributed by atoms with Gasteiger partial charge >= 0.3 is 0 Å². The average molecular weight is 432 g/mol. The number of para-hydroxylation sites is 1. The lowest BCUT2D eigenvalue weighted by Gasteiger charge is -2.31. The second kappa shape index (κ2) is 9.36. The lowest BCUT2D eigenvalue weighted by molar-refractivity contribution is -0.123. The maximum Gasteiger partial charge on any atom is 0.259 e. The highest BCUT2D eigenvalue weighted by Crippen LogP contribution is 2.21. The summed E-state index contributed by atoms with van der Waals surface area (Å²) in [6, 6.07) is 15.8. The zero-order chi connectivity index (χ0) is 22.7. The maximum atomic E-state index is 12.8. The van der Waals surface area contributed by atoms with Crippen LogP contribution in [-0.4, -0.2) is 39.6 Å². The van der Waals surface area contributed by atoms with Crippen LogP contribution in [0.25, 0.3) is 5.69 Å². The maximum absolute atomic E-state index is 12.8. The number of rotatable bonds is 6. The monoisotopic (exact) mass is 431 g/mol. The predicted octanol–water partition coefficient (Wildman–Crippen LogP) is 3.44. The molecule has 2 aromatic carbocycles. The van der Waals surface area contributed by atoms with Crippen molar-refractivity contribution < 1.29 is 9.59 Å². The number of aromatic nitrogens is 2. The highest BCUT2D eigenvalue weighted by molar-refractivity contribution is 6.05. The van der Waals surface area contributed by atoms with E-state index in [1.165, 1.54) is 0 Å². The van der Waals surface area contributed by atoms with Gasteiger partial charge in [0.2, 0.25) is 5.91 Å². The second-order valence-electron chi connectivity index (χ2n) is 8.47. The Labute approximate surface area is 188 Å². The van der Waals surface area contributed by atoms with Crippen molar-refractivity contribution in [2.24, 2.45) is 11.7 Å². The fourth-order valence-corrected chi connectivity index (χ4v) is 4.26. The van der Waals surface area contributed by atoms with Gasteiger partial charge in [-0.05, 0) is 62.6 Å². The third-order valence-corrected chi connectivity index (χ3v) is 6.12. The molecule has 32 heavy (non-hydrogen) atoms. The van der Waals surface area contributed by atoms with Crippen molar-refractivity contribution in [2.75, 3.05) is 18.4 Å². The molecule has 2 heterocycles. The largest absolute Gasteiger partial charge is 0.369 e. The zero-order valence-electron chi connectivity index (χ0n) is 18.5. The Morgan fingerprint density at radius 3 is 2.59 bits per heavy atom. The first-order chi connectivity index (χ1) is 15.4. The number of anilines is 1. The van der Waals surface area contributed by atoms with Gasteiger partial charge in [0.25, 0.3) is 5.91 Å². The number of aryl methyl sites for hydroxylation is 1. The number of benzene rings is 2. The molecule has 1 aliphatic rings. The summed E-state index contributed by atoms with van der Waals surface area (Å²) < 4.78 is 1.80. The van der Waals surface area contributed by atoms with Gasteiger partial charge < -0.3 is 11.1 Å². The molecule has 1 unspecified atom stereocenters. The van der Waals surface area contributed by atoms with Crippen molar-refractivity contribution in [1.82, 2.24) is 14.7 Å². The van der Waals surface area contributed by atoms with Gasteiger partial charge in [-0.15, -0.1) is 0 Å². The minimum Gasteiger partial charge on any atom is -0.369 e. The number of likely N-dealkylation sites (tertiary alicyclic amines) is 1. The number of nitrogens with one attached hydrogen (secondary N) is 1. The van der Waals surface area contributed by atoms with Crippen molar-refractivity contribution in [3.05, 3.63) is 77.1 Å². The number of piperidine rings is 1. The molecular weight excluding hydrogens is 402 g/mol. The zero-order valence-corrected chi connectivity index (χ0v) is 18.5. The van der Waals surface area contributed by atoms with Crippen molar-refractivity contribution >= 4 is 17.5 Å². The Kier molecular flexibility index (Phi) is 6.37. The fourth-order valence-electron chi connectivity index (χ4n) is 4.26. The molecule has 166 valence electrons. The summed E-state index contributed by atoms with van der Waals surface area (Å²) in [6.45, 7) is 6.36. The highest BCUT2D eigenvalue weighted by atomic mass is 16.2. The molecule has 4 rings (SSSR count). The number of carbonyl (C=O) groups excluding carboxylic acids is 2. The molecular formula is C25H29N5O2. The normalized spacial score (nSPS) is 16.6. The molecule has 0 spiro atoms. The summed E-state index contributed by atoms with van der Waals surface area (Å²) in [5.41, 5.74) is 10.7. The average Bonchev–Trinajstić information content (AvgIpc) is 3.17. The first-order valence-electron chi connectivity index (χ1n) is 10.9. The van der Waals surface area contributed by atoms with E-state index in [9.17, 15) is 9.59 Å². The van der Waals surface area contributed by atoms with Crippen LogP contribution >= 0.6 is 0 Å². The molecule has 1 saturated heterocycles. The summed E-state index contributed by atoms with van der Waals surface area (Å²) in [6.07, 6.45) is 3.46. The van der Waals surface area contributed by atoms with Crippen molar-refractivity contribution in [3.8, 4) is 5.69 Å².